The van der Waals surface area contributed by atoms with Crippen LogP contribution in [-0.4, -0.2) is 32.0 Å². The fourth-order valence-electron chi connectivity index (χ4n) is 2.92. The Bertz CT molecular complexity index is 1200. The first-order chi connectivity index (χ1) is 15.5. The van der Waals surface area contributed by atoms with Crippen molar-refractivity contribution >= 4 is 40.6 Å². The van der Waals surface area contributed by atoms with Crippen LogP contribution in [0.1, 0.15) is 16.8 Å². The third-order valence-corrected chi connectivity index (χ3v) is 5.33. The van der Waals surface area contributed by atoms with Crippen LogP contribution in [0, 0.1) is 6.92 Å². The van der Waals surface area contributed by atoms with Crippen LogP contribution in [0.3, 0.4) is 0 Å². The van der Waals surface area contributed by atoms with E-state index in [0.717, 1.165) is 28.6 Å². The molecule has 2 heterocycles. The molecule has 1 aliphatic rings. The quantitative estimate of drug-likeness (QED) is 0.533. The average molecular weight is 449 g/mol. The average Bonchev–Trinajstić information content (AvgIpc) is 3.34. The van der Waals surface area contributed by atoms with Gasteiger partial charge in [0, 0.05) is 5.69 Å². The van der Waals surface area contributed by atoms with Crippen LogP contribution >= 0.6 is 11.8 Å². The standard InChI is InChI=1S/C22H19N5O4S/c1-14-4-2-3-5-18(14)23-20(28)12-27-11-16(25-26-27)13-31-17-8-6-15(7-9-17)10-19-21(29)24-22(30)32-19/h2-11H,12-13H2,1H3,(H,23,28)(H,24,29,30). The lowest BCUT2D eigenvalue weighted by atomic mass is 10.2. The van der Waals surface area contributed by atoms with Crippen LogP contribution in [0.5, 0.6) is 5.75 Å². The minimum atomic E-state index is -0.393. The number of hydrogen-bond acceptors (Lipinski definition) is 7. The van der Waals surface area contributed by atoms with Crippen LogP contribution in [0.15, 0.2) is 59.6 Å². The van der Waals surface area contributed by atoms with Crippen molar-refractivity contribution in [2.45, 2.75) is 20.1 Å². The lowest BCUT2D eigenvalue weighted by Gasteiger charge is -2.07. The van der Waals surface area contributed by atoms with Gasteiger partial charge in [0.25, 0.3) is 11.1 Å². The maximum atomic E-state index is 12.2. The highest BCUT2D eigenvalue weighted by atomic mass is 32.2. The Hall–Kier alpha value is -3.92. The topological polar surface area (TPSA) is 115 Å². The first-order valence-corrected chi connectivity index (χ1v) is 10.5. The molecule has 2 aromatic carbocycles. The molecule has 0 unspecified atom stereocenters. The number of imide groups is 1. The molecule has 10 heteroatoms. The minimum absolute atomic E-state index is 0.0405. The Morgan fingerprint density at radius 2 is 1.97 bits per heavy atom. The predicted octanol–water partition coefficient (Wildman–Crippen LogP) is 3.13. The summed E-state index contributed by atoms with van der Waals surface area (Å²) in [7, 11) is 0. The van der Waals surface area contributed by atoms with E-state index in [2.05, 4.69) is 20.9 Å². The number of nitrogens with zero attached hydrogens (tertiary/aromatic N) is 3. The smallest absolute Gasteiger partial charge is 0.290 e. The van der Waals surface area contributed by atoms with Gasteiger partial charge in [-0.2, -0.15) is 0 Å². The zero-order chi connectivity index (χ0) is 22.5. The van der Waals surface area contributed by atoms with Crippen molar-refractivity contribution in [2.75, 3.05) is 5.32 Å². The molecule has 1 aromatic heterocycles. The van der Waals surface area contributed by atoms with Crippen LogP contribution in [0.4, 0.5) is 10.5 Å². The first-order valence-electron chi connectivity index (χ1n) is 9.68. The summed E-state index contributed by atoms with van der Waals surface area (Å²) in [6.45, 7) is 2.15. The molecule has 0 saturated carbocycles. The number of rotatable bonds is 7. The molecule has 9 nitrogen and oxygen atoms in total. The Balaban J connectivity index is 1.29. The zero-order valence-corrected chi connectivity index (χ0v) is 17.9. The third kappa shape index (κ3) is 5.41. The van der Waals surface area contributed by atoms with Gasteiger partial charge in [0.1, 0.15) is 24.6 Å². The number of carbonyl (C=O) groups is 3. The molecule has 3 amide bonds. The van der Waals surface area contributed by atoms with Gasteiger partial charge < -0.3 is 10.1 Å². The molecule has 1 fully saturated rings. The summed E-state index contributed by atoms with van der Waals surface area (Å²) in [6, 6.07) is 14.6. The highest BCUT2D eigenvalue weighted by Crippen LogP contribution is 2.26. The van der Waals surface area contributed by atoms with Crippen molar-refractivity contribution in [3.8, 4) is 5.75 Å². The second-order valence-corrected chi connectivity index (χ2v) is 8.00. The number of hydrogen-bond donors (Lipinski definition) is 2. The molecule has 0 atom stereocenters. The van der Waals surface area contributed by atoms with Crippen molar-refractivity contribution in [3.05, 3.63) is 76.5 Å². The molecule has 0 spiro atoms. The monoisotopic (exact) mass is 449 g/mol. The lowest BCUT2D eigenvalue weighted by Crippen LogP contribution is -2.19. The van der Waals surface area contributed by atoms with E-state index < -0.39 is 5.91 Å². The number of nitrogens with one attached hydrogen (secondary N) is 2. The van der Waals surface area contributed by atoms with E-state index >= 15 is 0 Å². The fourth-order valence-corrected chi connectivity index (χ4v) is 3.60. The second kappa shape index (κ2) is 9.48. The number of para-hydroxylation sites is 1. The maximum absolute atomic E-state index is 12.2. The van der Waals surface area contributed by atoms with Gasteiger partial charge in [-0.3, -0.25) is 19.7 Å². The molecule has 32 heavy (non-hydrogen) atoms. The summed E-state index contributed by atoms with van der Waals surface area (Å²) in [4.78, 5) is 35.4. The second-order valence-electron chi connectivity index (χ2n) is 6.98. The predicted molar refractivity (Wildman–Crippen MR) is 120 cm³/mol. The van der Waals surface area contributed by atoms with Gasteiger partial charge in [-0.15, -0.1) is 5.10 Å². The van der Waals surface area contributed by atoms with Crippen molar-refractivity contribution in [1.29, 1.82) is 0 Å². The van der Waals surface area contributed by atoms with Gasteiger partial charge in [0.15, 0.2) is 0 Å². The Kier molecular flexibility index (Phi) is 6.31. The summed E-state index contributed by atoms with van der Waals surface area (Å²) in [6.07, 6.45) is 3.30. The van der Waals surface area contributed by atoms with Crippen LogP contribution < -0.4 is 15.4 Å². The van der Waals surface area contributed by atoms with Gasteiger partial charge in [-0.1, -0.05) is 35.5 Å². The number of benzene rings is 2. The summed E-state index contributed by atoms with van der Waals surface area (Å²) in [5.74, 6) is 0.0202. The molecule has 0 radical (unpaired) electrons. The van der Waals surface area contributed by atoms with E-state index in [1.54, 1.807) is 36.5 Å². The van der Waals surface area contributed by atoms with Crippen molar-refractivity contribution in [3.63, 3.8) is 0 Å². The molecule has 3 aromatic rings. The van der Waals surface area contributed by atoms with E-state index in [1.165, 1.54) is 4.68 Å². The maximum Gasteiger partial charge on any atom is 0.290 e. The highest BCUT2D eigenvalue weighted by molar-refractivity contribution is 8.18. The van der Waals surface area contributed by atoms with E-state index in [4.69, 9.17) is 4.74 Å². The molecular weight excluding hydrogens is 430 g/mol. The van der Waals surface area contributed by atoms with Gasteiger partial charge in [0.2, 0.25) is 5.91 Å². The third-order valence-electron chi connectivity index (χ3n) is 4.52. The SMILES string of the molecule is Cc1ccccc1NC(=O)Cn1cc(COc2ccc(C=C3SC(=O)NC3=O)cc2)nn1. The molecule has 4 rings (SSSR count). The lowest BCUT2D eigenvalue weighted by molar-refractivity contribution is -0.117. The Morgan fingerprint density at radius 3 is 2.69 bits per heavy atom. The molecule has 1 saturated heterocycles. The number of ether oxygens (including phenoxy) is 1. The van der Waals surface area contributed by atoms with Crippen LogP contribution in [0.2, 0.25) is 0 Å². The van der Waals surface area contributed by atoms with E-state index in [1.807, 2.05) is 31.2 Å². The molecule has 2 N–H and O–H groups in total. The van der Waals surface area contributed by atoms with E-state index in [9.17, 15) is 14.4 Å². The number of aromatic nitrogens is 3. The summed E-state index contributed by atoms with van der Waals surface area (Å²) < 4.78 is 7.16. The van der Waals surface area contributed by atoms with Crippen molar-refractivity contribution < 1.29 is 19.1 Å². The molecular formula is C22H19N5O4S. The number of thioether (sulfide) groups is 1. The van der Waals surface area contributed by atoms with E-state index in [0.29, 0.717) is 16.3 Å². The molecule has 0 bridgehead atoms. The van der Waals surface area contributed by atoms with Gasteiger partial charge in [0.05, 0.1) is 11.1 Å². The minimum Gasteiger partial charge on any atom is -0.487 e. The normalized spacial score (nSPS) is 14.5. The van der Waals surface area contributed by atoms with Crippen molar-refractivity contribution in [2.24, 2.45) is 0 Å². The fraction of sp³-hybridized carbons (Fsp3) is 0.136. The summed E-state index contributed by atoms with van der Waals surface area (Å²) in [5, 5.41) is 12.7. The zero-order valence-electron chi connectivity index (χ0n) is 17.1. The van der Waals surface area contributed by atoms with Gasteiger partial charge in [-0.25, -0.2) is 4.68 Å². The van der Waals surface area contributed by atoms with Crippen LogP contribution in [-0.2, 0) is 22.7 Å². The van der Waals surface area contributed by atoms with Crippen molar-refractivity contribution in [1.82, 2.24) is 20.3 Å². The largest absolute Gasteiger partial charge is 0.487 e. The summed E-state index contributed by atoms with van der Waals surface area (Å²) in [5.41, 5.74) is 3.10. The number of aryl methyl sites for hydroxylation is 1. The Labute approximate surface area is 187 Å². The van der Waals surface area contributed by atoms with E-state index in [-0.39, 0.29) is 24.3 Å². The van der Waals surface area contributed by atoms with Gasteiger partial charge in [-0.05, 0) is 54.1 Å². The number of amides is 3. The molecule has 1 aliphatic heterocycles. The first kappa shape index (κ1) is 21.3. The molecule has 0 aliphatic carbocycles. The molecule has 162 valence electrons. The van der Waals surface area contributed by atoms with Crippen LogP contribution in [0.25, 0.3) is 6.08 Å². The number of carbonyl (C=O) groups excluding carboxylic acids is 3. The highest BCUT2D eigenvalue weighted by Gasteiger charge is 2.24. The van der Waals surface area contributed by atoms with Gasteiger partial charge >= 0.3 is 0 Å². The number of anilines is 1. The summed E-state index contributed by atoms with van der Waals surface area (Å²) >= 11 is 0.872. The Morgan fingerprint density at radius 1 is 1.19 bits per heavy atom.